The topological polar surface area (TPSA) is 31.6 Å². The third kappa shape index (κ3) is 4.81. The lowest BCUT2D eigenvalue weighted by molar-refractivity contribution is 0.0638. The molecular weight excluding hydrogens is 334 g/mol. The van der Waals surface area contributed by atoms with Crippen LogP contribution in [0.4, 0.5) is 0 Å². The summed E-state index contributed by atoms with van der Waals surface area (Å²) in [5.74, 6) is 0. The van der Waals surface area contributed by atoms with E-state index in [0.717, 1.165) is 39.1 Å². The van der Waals surface area contributed by atoms with Gasteiger partial charge < -0.3 is 9.67 Å². The maximum Gasteiger partial charge on any atom is 0.0486 e. The maximum absolute atomic E-state index is 9.53. The molecule has 0 unspecified atom stereocenters. The van der Waals surface area contributed by atoms with Gasteiger partial charge in [0.05, 0.1) is 0 Å². The van der Waals surface area contributed by atoms with Crippen LogP contribution in [0, 0.1) is 0 Å². The van der Waals surface area contributed by atoms with Gasteiger partial charge in [0.2, 0.25) is 0 Å². The average Bonchev–Trinajstić information content (AvgIpc) is 3.00. The van der Waals surface area contributed by atoms with Crippen molar-refractivity contribution >= 4 is 10.9 Å². The highest BCUT2D eigenvalue weighted by atomic mass is 16.3. The number of fused-ring (bicyclic) bond motifs is 1. The number of allylic oxidation sites excluding steroid dienone is 1. The van der Waals surface area contributed by atoms with Gasteiger partial charge in [0.25, 0.3) is 0 Å². The summed E-state index contributed by atoms with van der Waals surface area (Å²) in [5, 5.41) is 10.9. The van der Waals surface area contributed by atoms with Crippen LogP contribution in [0.5, 0.6) is 0 Å². The summed E-state index contributed by atoms with van der Waals surface area (Å²) in [5.41, 5.74) is 4.11. The second-order valence-corrected chi connectivity index (χ2v) is 8.35. The van der Waals surface area contributed by atoms with Crippen molar-refractivity contribution in [3.63, 3.8) is 0 Å². The van der Waals surface area contributed by atoms with E-state index in [1.54, 1.807) is 0 Å². The highest BCUT2D eigenvalue weighted by Gasteiger charge is 2.26. The molecule has 1 aliphatic heterocycles. The van der Waals surface area contributed by atoms with Crippen LogP contribution in [-0.4, -0.2) is 58.3 Å². The second kappa shape index (κ2) is 9.05. The summed E-state index contributed by atoms with van der Waals surface area (Å²) in [7, 11) is 0. The van der Waals surface area contributed by atoms with Gasteiger partial charge in [0.1, 0.15) is 0 Å². The molecule has 0 amide bonds. The Morgan fingerprint density at radius 1 is 1.22 bits per heavy atom. The number of para-hydroxylation sites is 1. The molecule has 1 fully saturated rings. The van der Waals surface area contributed by atoms with E-state index in [0.29, 0.717) is 12.1 Å². The monoisotopic (exact) mass is 369 g/mol. The summed E-state index contributed by atoms with van der Waals surface area (Å²) in [4.78, 5) is 5.09. The first-order valence-electron chi connectivity index (χ1n) is 10.3. The van der Waals surface area contributed by atoms with Gasteiger partial charge in [0.15, 0.2) is 0 Å². The number of hydrogen-bond donors (Lipinski definition) is 1. The van der Waals surface area contributed by atoms with Crippen LogP contribution in [0.2, 0.25) is 0 Å². The molecule has 1 aliphatic rings. The van der Waals surface area contributed by atoms with Gasteiger partial charge in [-0.15, -0.1) is 0 Å². The van der Waals surface area contributed by atoms with E-state index >= 15 is 0 Å². The van der Waals surface area contributed by atoms with Gasteiger partial charge in [-0.25, -0.2) is 0 Å². The molecule has 1 aromatic carbocycles. The van der Waals surface area contributed by atoms with E-state index in [4.69, 9.17) is 0 Å². The Morgan fingerprint density at radius 2 is 2.00 bits per heavy atom. The molecule has 1 N–H and O–H groups in total. The van der Waals surface area contributed by atoms with E-state index in [1.165, 1.54) is 22.0 Å². The molecule has 0 saturated carbocycles. The van der Waals surface area contributed by atoms with Crippen LogP contribution >= 0.6 is 0 Å². The average molecular weight is 370 g/mol. The van der Waals surface area contributed by atoms with Crippen LogP contribution in [0.25, 0.3) is 10.9 Å². The zero-order valence-electron chi connectivity index (χ0n) is 17.4. The maximum atomic E-state index is 9.53. The van der Waals surface area contributed by atoms with Gasteiger partial charge in [0, 0.05) is 68.5 Å². The minimum atomic E-state index is 0.260. The Bertz CT molecular complexity index is 773. The van der Waals surface area contributed by atoms with Crippen LogP contribution in [0.3, 0.4) is 0 Å². The van der Waals surface area contributed by atoms with Gasteiger partial charge in [-0.3, -0.25) is 9.80 Å². The number of nitrogens with zero attached hydrogens (tertiary/aromatic N) is 3. The lowest BCUT2D eigenvalue weighted by Crippen LogP contribution is -2.53. The molecule has 1 atom stereocenters. The first-order chi connectivity index (χ1) is 13.0. The van der Waals surface area contributed by atoms with Gasteiger partial charge in [-0.05, 0) is 45.7 Å². The van der Waals surface area contributed by atoms with E-state index in [1.807, 2.05) is 0 Å². The highest BCUT2D eigenvalue weighted by molar-refractivity contribution is 5.84. The van der Waals surface area contributed by atoms with Crippen molar-refractivity contribution in [1.29, 1.82) is 0 Å². The van der Waals surface area contributed by atoms with Crippen LogP contribution in [0.15, 0.2) is 42.1 Å². The molecule has 1 aromatic heterocycles. The quantitative estimate of drug-likeness (QED) is 0.747. The number of piperazine rings is 1. The van der Waals surface area contributed by atoms with Crippen molar-refractivity contribution in [2.24, 2.45) is 0 Å². The number of aliphatic hydroxyl groups excluding tert-OH is 1. The smallest absolute Gasteiger partial charge is 0.0486 e. The van der Waals surface area contributed by atoms with Gasteiger partial charge in [-0.1, -0.05) is 29.8 Å². The number of benzene rings is 1. The summed E-state index contributed by atoms with van der Waals surface area (Å²) in [6.07, 6.45) is 5.49. The minimum Gasteiger partial charge on any atom is -0.396 e. The van der Waals surface area contributed by atoms with Gasteiger partial charge >= 0.3 is 0 Å². The van der Waals surface area contributed by atoms with Crippen LogP contribution in [0.1, 0.15) is 45.7 Å². The van der Waals surface area contributed by atoms with Crippen LogP contribution in [-0.2, 0) is 6.54 Å². The predicted octanol–water partition coefficient (Wildman–Crippen LogP) is 4.06. The third-order valence-electron chi connectivity index (χ3n) is 5.66. The van der Waals surface area contributed by atoms with E-state index in [9.17, 15) is 5.11 Å². The number of aromatic nitrogens is 1. The lowest BCUT2D eigenvalue weighted by atomic mass is 10.1. The van der Waals surface area contributed by atoms with E-state index in [-0.39, 0.29) is 6.61 Å². The molecule has 2 heterocycles. The molecule has 3 rings (SSSR count). The fraction of sp³-hybridized carbons (Fsp3) is 0.565. The first-order valence-corrected chi connectivity index (χ1v) is 10.3. The lowest BCUT2D eigenvalue weighted by Gasteiger charge is -2.41. The Balaban J connectivity index is 1.75. The Labute approximate surface area is 164 Å². The number of rotatable bonds is 7. The third-order valence-corrected chi connectivity index (χ3v) is 5.66. The molecule has 148 valence electrons. The van der Waals surface area contributed by atoms with Crippen molar-refractivity contribution in [3.8, 4) is 0 Å². The zero-order chi connectivity index (χ0) is 19.4. The summed E-state index contributed by atoms with van der Waals surface area (Å²) in [6, 6.07) is 9.64. The Kier molecular flexibility index (Phi) is 6.74. The highest BCUT2D eigenvalue weighted by Crippen LogP contribution is 2.26. The molecule has 2 aromatic rings. The standard InChI is InChI=1S/C23H35N3O/c1-18(2)9-11-25-13-12-24(17-21(25)10-14-27)15-20-16-26(19(3)4)23-8-6-5-7-22(20)23/h5-9,16,19,21,27H,10-15,17H2,1-4H3/t21-/m1/s1. The number of hydrogen-bond acceptors (Lipinski definition) is 3. The normalized spacial score (nSPS) is 19.1. The number of aliphatic hydroxyl groups is 1. The van der Waals surface area contributed by atoms with E-state index < -0.39 is 0 Å². The van der Waals surface area contributed by atoms with Crippen molar-refractivity contribution in [2.75, 3.05) is 32.8 Å². The Hall–Kier alpha value is -1.62. The largest absolute Gasteiger partial charge is 0.396 e. The molecule has 4 nitrogen and oxygen atoms in total. The van der Waals surface area contributed by atoms with Crippen molar-refractivity contribution in [2.45, 2.75) is 52.7 Å². The fourth-order valence-electron chi connectivity index (χ4n) is 4.14. The van der Waals surface area contributed by atoms with Crippen molar-refractivity contribution in [1.82, 2.24) is 14.4 Å². The van der Waals surface area contributed by atoms with E-state index in [2.05, 4.69) is 78.6 Å². The molecule has 27 heavy (non-hydrogen) atoms. The van der Waals surface area contributed by atoms with Crippen LogP contribution < -0.4 is 0 Å². The molecule has 4 heteroatoms. The van der Waals surface area contributed by atoms with Crippen molar-refractivity contribution in [3.05, 3.63) is 47.7 Å². The molecule has 0 spiro atoms. The molecule has 0 aliphatic carbocycles. The molecular formula is C23H35N3O. The minimum absolute atomic E-state index is 0.260. The molecule has 0 radical (unpaired) electrons. The Morgan fingerprint density at radius 3 is 2.70 bits per heavy atom. The SMILES string of the molecule is CC(C)=CCN1CCN(Cc2cn(C(C)C)c3ccccc23)C[C@H]1CCO. The van der Waals surface area contributed by atoms with Crippen molar-refractivity contribution < 1.29 is 5.11 Å². The summed E-state index contributed by atoms with van der Waals surface area (Å²) in [6.45, 7) is 14.2. The molecule has 1 saturated heterocycles. The summed E-state index contributed by atoms with van der Waals surface area (Å²) < 4.78 is 2.39. The first kappa shape index (κ1) is 20.1. The second-order valence-electron chi connectivity index (χ2n) is 8.35. The fourth-order valence-corrected chi connectivity index (χ4v) is 4.14. The predicted molar refractivity (Wildman–Crippen MR) is 114 cm³/mol. The van der Waals surface area contributed by atoms with Gasteiger partial charge in [-0.2, -0.15) is 0 Å². The zero-order valence-corrected chi connectivity index (χ0v) is 17.4. The summed E-state index contributed by atoms with van der Waals surface area (Å²) >= 11 is 0. The molecule has 0 bridgehead atoms.